The highest BCUT2D eigenvalue weighted by Crippen LogP contribution is 2.31. The minimum absolute atomic E-state index is 0.208. The van der Waals surface area contributed by atoms with Gasteiger partial charge < -0.3 is 10.1 Å². The minimum atomic E-state index is -0.208. The van der Waals surface area contributed by atoms with Gasteiger partial charge in [0.2, 0.25) is 5.91 Å². The molecule has 1 amide bonds. The van der Waals surface area contributed by atoms with Crippen LogP contribution in [0.15, 0.2) is 67.8 Å². The summed E-state index contributed by atoms with van der Waals surface area (Å²) in [5.74, 6) is 0.402. The molecule has 5 rings (SSSR count). The third-order valence-electron chi connectivity index (χ3n) is 6.60. The SMILES string of the molecule is C=CC(=O)Nc1ccc(CN2CCC(n3cc(-c4cc(OC)c5c(C#N)cnn5c4)cn3)CC2)cc1. The molecule has 9 nitrogen and oxygen atoms in total. The number of likely N-dealkylation sites (tertiary alicyclic amines) is 1. The van der Waals surface area contributed by atoms with Gasteiger partial charge in [-0.2, -0.15) is 15.5 Å². The van der Waals surface area contributed by atoms with Gasteiger partial charge in [0.05, 0.1) is 25.5 Å². The second-order valence-corrected chi connectivity index (χ2v) is 8.87. The lowest BCUT2D eigenvalue weighted by molar-refractivity contribution is -0.111. The molecule has 182 valence electrons. The predicted molar refractivity (Wildman–Crippen MR) is 136 cm³/mol. The van der Waals surface area contributed by atoms with Crippen LogP contribution in [0.2, 0.25) is 0 Å². The average Bonchev–Trinajstić information content (AvgIpc) is 3.57. The standard InChI is InChI=1S/C27H27N7O2/c1-3-26(35)31-23-6-4-19(5-7-23)16-32-10-8-24(9-11-32)33-18-22(15-29-33)20-12-25(36-2)27-21(13-28)14-30-34(27)17-20/h3-7,12,14-15,17-18,24H,1,8-11,16H2,2H3,(H,31,35). The zero-order valence-corrected chi connectivity index (χ0v) is 20.1. The van der Waals surface area contributed by atoms with Crippen LogP contribution >= 0.6 is 0 Å². The number of carbonyl (C=O) groups excluding carboxylic acids is 1. The number of carbonyl (C=O) groups is 1. The molecule has 1 fully saturated rings. The van der Waals surface area contributed by atoms with E-state index in [9.17, 15) is 10.1 Å². The van der Waals surface area contributed by atoms with Gasteiger partial charge in [-0.25, -0.2) is 4.52 Å². The molecule has 36 heavy (non-hydrogen) atoms. The van der Waals surface area contributed by atoms with Crippen LogP contribution in [0.5, 0.6) is 5.75 Å². The van der Waals surface area contributed by atoms with Crippen LogP contribution in [0.25, 0.3) is 16.6 Å². The van der Waals surface area contributed by atoms with E-state index in [4.69, 9.17) is 4.74 Å². The number of nitriles is 1. The van der Waals surface area contributed by atoms with Gasteiger partial charge in [0.1, 0.15) is 22.9 Å². The first-order valence-corrected chi connectivity index (χ1v) is 11.8. The average molecular weight is 482 g/mol. The maximum Gasteiger partial charge on any atom is 0.247 e. The topological polar surface area (TPSA) is 100 Å². The van der Waals surface area contributed by atoms with Crippen molar-refractivity contribution in [2.24, 2.45) is 0 Å². The molecule has 0 unspecified atom stereocenters. The number of aromatic nitrogens is 4. The Hall–Kier alpha value is -4.42. The maximum absolute atomic E-state index is 11.4. The molecule has 1 N–H and O–H groups in total. The number of methoxy groups -OCH3 is 1. The summed E-state index contributed by atoms with van der Waals surface area (Å²) in [4.78, 5) is 13.9. The van der Waals surface area contributed by atoms with E-state index in [0.717, 1.165) is 49.3 Å². The summed E-state index contributed by atoms with van der Waals surface area (Å²) in [6.07, 6.45) is 10.7. The first-order chi connectivity index (χ1) is 17.6. The highest BCUT2D eigenvalue weighted by atomic mass is 16.5. The number of hydrogen-bond donors (Lipinski definition) is 1. The number of ether oxygens (including phenoxy) is 1. The number of rotatable bonds is 7. The Morgan fingerprint density at radius 3 is 2.67 bits per heavy atom. The Labute approximate surface area is 209 Å². The van der Waals surface area contributed by atoms with Gasteiger partial charge >= 0.3 is 0 Å². The van der Waals surface area contributed by atoms with Crippen LogP contribution in [0.4, 0.5) is 5.69 Å². The number of nitrogens with one attached hydrogen (secondary N) is 1. The van der Waals surface area contributed by atoms with Crippen molar-refractivity contribution in [3.63, 3.8) is 0 Å². The highest BCUT2D eigenvalue weighted by molar-refractivity contribution is 5.98. The van der Waals surface area contributed by atoms with E-state index in [-0.39, 0.29) is 5.91 Å². The summed E-state index contributed by atoms with van der Waals surface area (Å²) in [5.41, 5.74) is 5.05. The molecule has 4 aromatic rings. The monoisotopic (exact) mass is 481 g/mol. The summed E-state index contributed by atoms with van der Waals surface area (Å²) in [6, 6.07) is 12.4. The van der Waals surface area contributed by atoms with Gasteiger partial charge in [0, 0.05) is 48.8 Å². The Balaban J connectivity index is 1.22. The Kier molecular flexibility index (Phi) is 6.52. The van der Waals surface area contributed by atoms with E-state index >= 15 is 0 Å². The fraction of sp³-hybridized carbons (Fsp3) is 0.259. The van der Waals surface area contributed by atoms with Crippen LogP contribution in [0.3, 0.4) is 0 Å². The zero-order chi connectivity index (χ0) is 25.1. The van der Waals surface area contributed by atoms with Gasteiger partial charge in [-0.05, 0) is 42.7 Å². The molecule has 1 saturated heterocycles. The fourth-order valence-electron chi connectivity index (χ4n) is 4.65. The van der Waals surface area contributed by atoms with Gasteiger partial charge in [-0.3, -0.25) is 14.4 Å². The van der Waals surface area contributed by atoms with E-state index < -0.39 is 0 Å². The molecule has 4 heterocycles. The van der Waals surface area contributed by atoms with Crippen LogP contribution in [0.1, 0.15) is 30.0 Å². The molecule has 1 aromatic carbocycles. The van der Waals surface area contributed by atoms with Crippen molar-refractivity contribution < 1.29 is 9.53 Å². The molecule has 0 saturated carbocycles. The van der Waals surface area contributed by atoms with E-state index in [1.54, 1.807) is 17.8 Å². The quantitative estimate of drug-likeness (QED) is 0.400. The van der Waals surface area contributed by atoms with Gasteiger partial charge in [-0.15, -0.1) is 0 Å². The van der Waals surface area contributed by atoms with E-state index in [0.29, 0.717) is 22.9 Å². The predicted octanol–water partition coefficient (Wildman–Crippen LogP) is 4.04. The number of piperidine rings is 1. The molecule has 0 atom stereocenters. The summed E-state index contributed by atoms with van der Waals surface area (Å²) in [6.45, 7) is 6.32. The lowest BCUT2D eigenvalue weighted by atomic mass is 10.0. The Bertz CT molecular complexity index is 1440. The number of pyridine rings is 1. The van der Waals surface area contributed by atoms with Crippen LogP contribution < -0.4 is 10.1 Å². The molecule has 0 radical (unpaired) electrons. The number of anilines is 1. The molecule has 0 spiro atoms. The smallest absolute Gasteiger partial charge is 0.247 e. The van der Waals surface area contributed by atoms with Gasteiger partial charge in [0.15, 0.2) is 0 Å². The van der Waals surface area contributed by atoms with Crippen molar-refractivity contribution in [1.29, 1.82) is 5.26 Å². The molecule has 1 aliphatic rings. The lowest BCUT2D eigenvalue weighted by Crippen LogP contribution is -2.34. The number of amides is 1. The van der Waals surface area contributed by atoms with Crippen molar-refractivity contribution in [2.75, 3.05) is 25.5 Å². The Morgan fingerprint density at radius 1 is 1.19 bits per heavy atom. The Morgan fingerprint density at radius 2 is 1.97 bits per heavy atom. The van der Waals surface area contributed by atoms with Crippen molar-refractivity contribution >= 4 is 17.1 Å². The lowest BCUT2D eigenvalue weighted by Gasteiger charge is -2.32. The third-order valence-corrected chi connectivity index (χ3v) is 6.60. The van der Waals surface area contributed by atoms with Crippen LogP contribution in [-0.4, -0.2) is 50.4 Å². The number of fused-ring (bicyclic) bond motifs is 1. The first kappa shape index (κ1) is 23.3. The normalized spacial score (nSPS) is 14.4. The number of hydrogen-bond acceptors (Lipinski definition) is 6. The molecule has 0 bridgehead atoms. The second-order valence-electron chi connectivity index (χ2n) is 8.87. The third kappa shape index (κ3) is 4.72. The van der Waals surface area contributed by atoms with Crippen LogP contribution in [0, 0.1) is 11.3 Å². The molecule has 9 heteroatoms. The minimum Gasteiger partial charge on any atom is -0.494 e. The molecule has 1 aliphatic heterocycles. The van der Waals surface area contributed by atoms with Crippen molar-refractivity contribution in [3.8, 4) is 22.9 Å². The number of benzene rings is 1. The van der Waals surface area contributed by atoms with Crippen molar-refractivity contribution in [2.45, 2.75) is 25.4 Å². The number of nitrogens with zero attached hydrogens (tertiary/aromatic N) is 6. The summed E-state index contributed by atoms with van der Waals surface area (Å²) >= 11 is 0. The van der Waals surface area contributed by atoms with E-state index in [2.05, 4.69) is 56.1 Å². The van der Waals surface area contributed by atoms with Gasteiger partial charge in [-0.1, -0.05) is 18.7 Å². The highest BCUT2D eigenvalue weighted by Gasteiger charge is 2.22. The van der Waals surface area contributed by atoms with E-state index in [1.807, 2.05) is 30.6 Å². The van der Waals surface area contributed by atoms with Gasteiger partial charge in [0.25, 0.3) is 0 Å². The van der Waals surface area contributed by atoms with Crippen molar-refractivity contribution in [1.82, 2.24) is 24.3 Å². The largest absolute Gasteiger partial charge is 0.494 e. The summed E-state index contributed by atoms with van der Waals surface area (Å²) < 4.78 is 9.28. The fourth-order valence-corrected chi connectivity index (χ4v) is 4.65. The summed E-state index contributed by atoms with van der Waals surface area (Å²) in [5, 5.41) is 21.1. The summed E-state index contributed by atoms with van der Waals surface area (Å²) in [7, 11) is 1.60. The molecular weight excluding hydrogens is 454 g/mol. The molecular formula is C27H27N7O2. The molecule has 3 aromatic heterocycles. The van der Waals surface area contributed by atoms with E-state index in [1.165, 1.54) is 11.6 Å². The maximum atomic E-state index is 11.4. The van der Waals surface area contributed by atoms with Crippen molar-refractivity contribution in [3.05, 3.63) is 78.9 Å². The molecule has 0 aliphatic carbocycles. The first-order valence-electron chi connectivity index (χ1n) is 11.8. The van der Waals surface area contributed by atoms with Crippen LogP contribution in [-0.2, 0) is 11.3 Å². The zero-order valence-electron chi connectivity index (χ0n) is 20.1. The second kappa shape index (κ2) is 10.1.